The average Bonchev–Trinajstić information content (AvgIpc) is 3.08. The third-order valence-electron chi connectivity index (χ3n) is 5.58. The maximum atomic E-state index is 11.8. The highest BCUT2D eigenvalue weighted by molar-refractivity contribution is 5.98. The number of fused-ring (bicyclic) bond motifs is 3. The van der Waals surface area contributed by atoms with Gasteiger partial charge in [-0.25, -0.2) is 0 Å². The molecule has 3 aliphatic rings. The largest absolute Gasteiger partial charge is 0.493 e. The fourth-order valence-electron chi connectivity index (χ4n) is 4.50. The highest BCUT2D eigenvalue weighted by Crippen LogP contribution is 2.48. The van der Waals surface area contributed by atoms with Crippen molar-refractivity contribution in [2.45, 2.75) is 44.9 Å². The molecule has 20 heavy (non-hydrogen) atoms. The Labute approximate surface area is 120 Å². The zero-order chi connectivity index (χ0) is 13.5. The Kier molecular flexibility index (Phi) is 3.05. The standard InChI is InChI=1S/C18H22O2/c19-18-3-1-2-14-10-16(6-7-17(14)18)20-11-15-9-12-4-5-13(15)8-12/h6-7,10,12-13,15H,1-5,8-9,11H2. The molecule has 1 aromatic carbocycles. The molecular weight excluding hydrogens is 248 g/mol. The fraction of sp³-hybridized carbons (Fsp3) is 0.611. The number of benzene rings is 1. The third kappa shape index (κ3) is 2.15. The molecule has 106 valence electrons. The average molecular weight is 270 g/mol. The van der Waals surface area contributed by atoms with Crippen molar-refractivity contribution in [1.82, 2.24) is 0 Å². The molecule has 2 heteroatoms. The maximum Gasteiger partial charge on any atom is 0.163 e. The summed E-state index contributed by atoms with van der Waals surface area (Å²) in [6.45, 7) is 0.869. The number of aryl methyl sites for hydroxylation is 1. The van der Waals surface area contributed by atoms with Crippen molar-refractivity contribution in [3.63, 3.8) is 0 Å². The predicted molar refractivity (Wildman–Crippen MR) is 78.1 cm³/mol. The molecule has 2 saturated carbocycles. The smallest absolute Gasteiger partial charge is 0.163 e. The van der Waals surface area contributed by atoms with E-state index in [9.17, 15) is 4.79 Å². The van der Waals surface area contributed by atoms with E-state index in [4.69, 9.17) is 4.74 Å². The van der Waals surface area contributed by atoms with E-state index < -0.39 is 0 Å². The van der Waals surface area contributed by atoms with E-state index in [0.717, 1.165) is 48.5 Å². The van der Waals surface area contributed by atoms with Gasteiger partial charge < -0.3 is 4.74 Å². The van der Waals surface area contributed by atoms with Gasteiger partial charge in [-0.2, -0.15) is 0 Å². The molecule has 0 amide bonds. The van der Waals surface area contributed by atoms with Crippen molar-refractivity contribution in [3.8, 4) is 5.75 Å². The van der Waals surface area contributed by atoms with Crippen molar-refractivity contribution in [2.24, 2.45) is 17.8 Å². The van der Waals surface area contributed by atoms with Crippen molar-refractivity contribution >= 4 is 5.78 Å². The summed E-state index contributed by atoms with van der Waals surface area (Å²) in [5, 5.41) is 0. The number of hydrogen-bond donors (Lipinski definition) is 0. The molecule has 2 fully saturated rings. The zero-order valence-corrected chi connectivity index (χ0v) is 11.9. The monoisotopic (exact) mass is 270 g/mol. The van der Waals surface area contributed by atoms with Gasteiger partial charge in [0.25, 0.3) is 0 Å². The number of ketones is 1. The summed E-state index contributed by atoms with van der Waals surface area (Å²) in [6, 6.07) is 6.04. The lowest BCUT2D eigenvalue weighted by molar-refractivity contribution is 0.0972. The first kappa shape index (κ1) is 12.4. The van der Waals surface area contributed by atoms with Crippen LogP contribution in [0.25, 0.3) is 0 Å². The van der Waals surface area contributed by atoms with Crippen molar-refractivity contribution in [1.29, 1.82) is 0 Å². The van der Waals surface area contributed by atoms with Crippen molar-refractivity contribution in [2.75, 3.05) is 6.61 Å². The third-order valence-corrected chi connectivity index (χ3v) is 5.58. The number of Topliss-reactive ketones (excluding diaryl/α,β-unsaturated/α-hetero) is 1. The van der Waals surface area contributed by atoms with Gasteiger partial charge in [0.1, 0.15) is 5.75 Å². The molecule has 0 saturated heterocycles. The van der Waals surface area contributed by atoms with Crippen LogP contribution in [0, 0.1) is 17.8 Å². The molecular formula is C18H22O2. The van der Waals surface area contributed by atoms with Crippen LogP contribution in [0.4, 0.5) is 0 Å². The fourth-order valence-corrected chi connectivity index (χ4v) is 4.50. The molecule has 0 heterocycles. The Morgan fingerprint density at radius 3 is 2.90 bits per heavy atom. The van der Waals surface area contributed by atoms with Gasteiger partial charge in [-0.1, -0.05) is 6.42 Å². The van der Waals surface area contributed by atoms with Gasteiger partial charge in [-0.05, 0) is 73.6 Å². The molecule has 1 aromatic rings. The first-order valence-electron chi connectivity index (χ1n) is 8.08. The van der Waals surface area contributed by atoms with E-state index in [-0.39, 0.29) is 0 Å². The lowest BCUT2D eigenvalue weighted by Crippen LogP contribution is -2.18. The second kappa shape index (κ2) is 4.91. The second-order valence-corrected chi connectivity index (χ2v) is 6.84. The topological polar surface area (TPSA) is 26.3 Å². The van der Waals surface area contributed by atoms with Crippen molar-refractivity contribution in [3.05, 3.63) is 29.3 Å². The van der Waals surface area contributed by atoms with Crippen LogP contribution in [0.3, 0.4) is 0 Å². The van der Waals surface area contributed by atoms with E-state index in [1.807, 2.05) is 12.1 Å². The minimum Gasteiger partial charge on any atom is -0.493 e. The normalized spacial score (nSPS) is 31.4. The Hall–Kier alpha value is -1.31. The predicted octanol–water partition coefficient (Wildman–Crippen LogP) is 4.02. The lowest BCUT2D eigenvalue weighted by Gasteiger charge is -2.22. The van der Waals surface area contributed by atoms with E-state index >= 15 is 0 Å². The first-order chi connectivity index (χ1) is 9.79. The Morgan fingerprint density at radius 2 is 2.10 bits per heavy atom. The van der Waals surface area contributed by atoms with Crippen LogP contribution in [-0.2, 0) is 6.42 Å². The van der Waals surface area contributed by atoms with Gasteiger partial charge >= 0.3 is 0 Å². The summed E-state index contributed by atoms with van der Waals surface area (Å²) < 4.78 is 6.03. The number of carbonyl (C=O) groups is 1. The molecule has 0 aromatic heterocycles. The van der Waals surface area contributed by atoms with Gasteiger partial charge in [-0.3, -0.25) is 4.79 Å². The molecule has 0 aliphatic heterocycles. The molecule has 4 rings (SSSR count). The van der Waals surface area contributed by atoms with Crippen LogP contribution in [0.1, 0.15) is 54.4 Å². The van der Waals surface area contributed by atoms with Gasteiger partial charge in [0.2, 0.25) is 0 Å². The first-order valence-corrected chi connectivity index (χ1v) is 8.08. The number of hydrogen-bond acceptors (Lipinski definition) is 2. The van der Waals surface area contributed by atoms with Crippen LogP contribution in [-0.4, -0.2) is 12.4 Å². The Bertz CT molecular complexity index is 534. The highest BCUT2D eigenvalue weighted by Gasteiger charge is 2.39. The van der Waals surface area contributed by atoms with Gasteiger partial charge in [0.15, 0.2) is 5.78 Å². The lowest BCUT2D eigenvalue weighted by atomic mass is 9.89. The minimum absolute atomic E-state index is 0.297. The molecule has 3 unspecified atom stereocenters. The van der Waals surface area contributed by atoms with Crippen LogP contribution in [0.15, 0.2) is 18.2 Å². The quantitative estimate of drug-likeness (QED) is 0.829. The number of ether oxygens (including phenoxy) is 1. The van der Waals surface area contributed by atoms with Gasteiger partial charge in [0, 0.05) is 12.0 Å². The van der Waals surface area contributed by atoms with Gasteiger partial charge in [0.05, 0.1) is 6.61 Å². The second-order valence-electron chi connectivity index (χ2n) is 6.84. The molecule has 0 radical (unpaired) electrons. The number of rotatable bonds is 3. The summed E-state index contributed by atoms with van der Waals surface area (Å²) in [5.74, 6) is 3.92. The summed E-state index contributed by atoms with van der Waals surface area (Å²) >= 11 is 0. The van der Waals surface area contributed by atoms with Crippen LogP contribution in [0.5, 0.6) is 5.75 Å². The summed E-state index contributed by atoms with van der Waals surface area (Å²) in [4.78, 5) is 11.8. The Morgan fingerprint density at radius 1 is 1.15 bits per heavy atom. The van der Waals surface area contributed by atoms with Crippen LogP contribution < -0.4 is 4.74 Å². The van der Waals surface area contributed by atoms with E-state index in [2.05, 4.69) is 6.07 Å². The highest BCUT2D eigenvalue weighted by atomic mass is 16.5. The molecule has 0 N–H and O–H groups in total. The summed E-state index contributed by atoms with van der Waals surface area (Å²) in [7, 11) is 0. The summed E-state index contributed by atoms with van der Waals surface area (Å²) in [6.07, 6.45) is 8.38. The summed E-state index contributed by atoms with van der Waals surface area (Å²) in [5.41, 5.74) is 2.11. The molecule has 2 bridgehead atoms. The minimum atomic E-state index is 0.297. The zero-order valence-electron chi connectivity index (χ0n) is 11.9. The maximum absolute atomic E-state index is 11.8. The van der Waals surface area contributed by atoms with E-state index in [1.165, 1.54) is 31.2 Å². The van der Waals surface area contributed by atoms with E-state index in [0.29, 0.717) is 12.2 Å². The van der Waals surface area contributed by atoms with Crippen molar-refractivity contribution < 1.29 is 9.53 Å². The number of carbonyl (C=O) groups excluding carboxylic acids is 1. The van der Waals surface area contributed by atoms with Crippen LogP contribution in [0.2, 0.25) is 0 Å². The SMILES string of the molecule is O=C1CCCc2cc(OCC3CC4CCC3C4)ccc21. The van der Waals surface area contributed by atoms with Crippen LogP contribution >= 0.6 is 0 Å². The molecule has 0 spiro atoms. The molecule has 2 nitrogen and oxygen atoms in total. The molecule has 3 aliphatic carbocycles. The van der Waals surface area contributed by atoms with E-state index in [1.54, 1.807) is 0 Å². The molecule has 3 atom stereocenters. The van der Waals surface area contributed by atoms with Gasteiger partial charge in [-0.15, -0.1) is 0 Å². The Balaban J connectivity index is 1.43.